The van der Waals surface area contributed by atoms with Gasteiger partial charge in [0.1, 0.15) is 11.7 Å². The molecule has 0 aliphatic heterocycles. The highest BCUT2D eigenvalue weighted by atomic mass is 16.4. The minimum absolute atomic E-state index is 0.0566. The third-order valence-electron chi connectivity index (χ3n) is 3.75. The highest BCUT2D eigenvalue weighted by Gasteiger charge is 2.22. The summed E-state index contributed by atoms with van der Waals surface area (Å²) in [6.07, 6.45) is 1.88. The SMILES string of the molecule is CC(C)(C)c1ccc(C(=O)N[C@H](Cc2ccccc2)C(=O)O)nc1. The predicted octanol–water partition coefficient (Wildman–Crippen LogP) is 2.80. The second kappa shape index (κ2) is 7.25. The fraction of sp³-hybridized carbons (Fsp3) is 0.316. The van der Waals surface area contributed by atoms with Gasteiger partial charge in [-0.2, -0.15) is 0 Å². The number of hydrogen-bond donors (Lipinski definition) is 2. The van der Waals surface area contributed by atoms with Gasteiger partial charge in [0.25, 0.3) is 5.91 Å². The second-order valence-corrected chi connectivity index (χ2v) is 6.74. The van der Waals surface area contributed by atoms with Gasteiger partial charge in [-0.1, -0.05) is 57.2 Å². The summed E-state index contributed by atoms with van der Waals surface area (Å²) in [4.78, 5) is 27.9. The van der Waals surface area contributed by atoms with Crippen molar-refractivity contribution in [3.8, 4) is 0 Å². The first-order valence-electron chi connectivity index (χ1n) is 7.81. The Hall–Kier alpha value is -2.69. The van der Waals surface area contributed by atoms with Crippen molar-refractivity contribution < 1.29 is 14.7 Å². The molecule has 0 unspecified atom stereocenters. The fourth-order valence-electron chi connectivity index (χ4n) is 2.25. The van der Waals surface area contributed by atoms with E-state index >= 15 is 0 Å². The summed E-state index contributed by atoms with van der Waals surface area (Å²) in [5, 5.41) is 11.9. The van der Waals surface area contributed by atoms with Gasteiger partial charge in [0.05, 0.1) is 0 Å². The van der Waals surface area contributed by atoms with Crippen LogP contribution in [-0.4, -0.2) is 28.0 Å². The molecule has 1 atom stereocenters. The van der Waals surface area contributed by atoms with Crippen molar-refractivity contribution in [2.75, 3.05) is 0 Å². The van der Waals surface area contributed by atoms with Crippen LogP contribution < -0.4 is 5.32 Å². The number of rotatable bonds is 5. The number of carbonyl (C=O) groups is 2. The Kier molecular flexibility index (Phi) is 5.34. The van der Waals surface area contributed by atoms with Crippen molar-refractivity contribution in [1.29, 1.82) is 0 Å². The summed E-state index contributed by atoms with van der Waals surface area (Å²) in [6, 6.07) is 11.7. The van der Waals surface area contributed by atoms with E-state index < -0.39 is 17.9 Å². The summed E-state index contributed by atoms with van der Waals surface area (Å²) in [5.41, 5.74) is 2.01. The van der Waals surface area contributed by atoms with Gasteiger partial charge in [0.2, 0.25) is 0 Å². The van der Waals surface area contributed by atoms with Crippen LogP contribution in [0.5, 0.6) is 0 Å². The zero-order valence-corrected chi connectivity index (χ0v) is 14.1. The Morgan fingerprint density at radius 1 is 1.12 bits per heavy atom. The number of aromatic nitrogens is 1. The van der Waals surface area contributed by atoms with E-state index in [2.05, 4.69) is 31.1 Å². The van der Waals surface area contributed by atoms with E-state index in [1.807, 2.05) is 36.4 Å². The van der Waals surface area contributed by atoms with Gasteiger partial charge in [-0.3, -0.25) is 9.78 Å². The third kappa shape index (κ3) is 4.65. The molecule has 0 bridgehead atoms. The predicted molar refractivity (Wildman–Crippen MR) is 92.0 cm³/mol. The van der Waals surface area contributed by atoms with Crippen LogP contribution in [-0.2, 0) is 16.6 Å². The normalized spacial score (nSPS) is 12.5. The van der Waals surface area contributed by atoms with Crippen molar-refractivity contribution in [3.05, 3.63) is 65.5 Å². The van der Waals surface area contributed by atoms with Crippen molar-refractivity contribution in [3.63, 3.8) is 0 Å². The van der Waals surface area contributed by atoms with Crippen molar-refractivity contribution in [2.45, 2.75) is 38.6 Å². The Bertz CT molecular complexity index is 704. The molecule has 1 aromatic carbocycles. The molecule has 2 rings (SSSR count). The molecule has 5 heteroatoms. The molecule has 0 saturated carbocycles. The van der Waals surface area contributed by atoms with Crippen molar-refractivity contribution in [1.82, 2.24) is 10.3 Å². The van der Waals surface area contributed by atoms with E-state index in [4.69, 9.17) is 0 Å². The number of nitrogens with zero attached hydrogens (tertiary/aromatic N) is 1. The summed E-state index contributed by atoms with van der Waals surface area (Å²) in [6.45, 7) is 6.18. The number of aliphatic carboxylic acids is 1. The lowest BCUT2D eigenvalue weighted by molar-refractivity contribution is -0.139. The lowest BCUT2D eigenvalue weighted by atomic mass is 9.88. The molecule has 24 heavy (non-hydrogen) atoms. The first-order valence-corrected chi connectivity index (χ1v) is 7.81. The Morgan fingerprint density at radius 2 is 1.79 bits per heavy atom. The largest absolute Gasteiger partial charge is 0.480 e. The molecule has 1 amide bonds. The molecule has 0 saturated heterocycles. The molecule has 0 aliphatic carbocycles. The molecule has 1 aromatic heterocycles. The van der Waals surface area contributed by atoms with Crippen LogP contribution in [0.4, 0.5) is 0 Å². The van der Waals surface area contributed by atoms with Crippen molar-refractivity contribution >= 4 is 11.9 Å². The standard InChI is InChI=1S/C19H22N2O3/c1-19(2,3)14-9-10-15(20-12-14)17(22)21-16(18(23)24)11-13-7-5-4-6-8-13/h4-10,12,16H,11H2,1-3H3,(H,21,22)(H,23,24)/t16-/m1/s1. The summed E-state index contributed by atoms with van der Waals surface area (Å²) in [7, 11) is 0. The maximum Gasteiger partial charge on any atom is 0.326 e. The van der Waals surface area contributed by atoms with Gasteiger partial charge in [0.15, 0.2) is 0 Å². The molecule has 5 nitrogen and oxygen atoms in total. The van der Waals surface area contributed by atoms with Crippen LogP contribution in [0, 0.1) is 0 Å². The first-order chi connectivity index (χ1) is 11.3. The molecule has 2 N–H and O–H groups in total. The second-order valence-electron chi connectivity index (χ2n) is 6.74. The van der Waals surface area contributed by atoms with Crippen LogP contribution in [0.3, 0.4) is 0 Å². The smallest absolute Gasteiger partial charge is 0.326 e. The van der Waals surface area contributed by atoms with E-state index in [9.17, 15) is 14.7 Å². The first kappa shape index (κ1) is 17.7. The molecule has 0 fully saturated rings. The Balaban J connectivity index is 2.09. The number of pyridine rings is 1. The summed E-state index contributed by atoms with van der Waals surface area (Å²) < 4.78 is 0. The number of nitrogens with one attached hydrogen (secondary N) is 1. The van der Waals surface area contributed by atoms with Gasteiger partial charge < -0.3 is 10.4 Å². The average Bonchev–Trinajstić information content (AvgIpc) is 2.54. The van der Waals surface area contributed by atoms with E-state index in [1.54, 1.807) is 12.3 Å². The minimum atomic E-state index is -1.07. The topological polar surface area (TPSA) is 79.3 Å². The van der Waals surface area contributed by atoms with Gasteiger partial charge >= 0.3 is 5.97 Å². The molecule has 1 heterocycles. The lowest BCUT2D eigenvalue weighted by Gasteiger charge is -2.19. The zero-order valence-electron chi connectivity index (χ0n) is 14.1. The average molecular weight is 326 g/mol. The fourth-order valence-corrected chi connectivity index (χ4v) is 2.25. The van der Waals surface area contributed by atoms with Crippen LogP contribution in [0.15, 0.2) is 48.7 Å². The van der Waals surface area contributed by atoms with Gasteiger partial charge in [-0.05, 0) is 22.6 Å². The van der Waals surface area contributed by atoms with E-state index in [0.29, 0.717) is 0 Å². The number of hydrogen-bond acceptors (Lipinski definition) is 3. The van der Waals surface area contributed by atoms with Crippen LogP contribution in [0.25, 0.3) is 0 Å². The number of carboxylic acids is 1. The molecule has 126 valence electrons. The maximum atomic E-state index is 12.3. The number of amides is 1. The van der Waals surface area contributed by atoms with Crippen LogP contribution in [0.1, 0.15) is 42.4 Å². The lowest BCUT2D eigenvalue weighted by Crippen LogP contribution is -2.42. The van der Waals surface area contributed by atoms with Crippen LogP contribution in [0.2, 0.25) is 0 Å². The number of benzene rings is 1. The molecule has 2 aromatic rings. The minimum Gasteiger partial charge on any atom is -0.480 e. The molecule has 0 radical (unpaired) electrons. The summed E-state index contributed by atoms with van der Waals surface area (Å²) in [5.74, 6) is -1.56. The Labute approximate surface area is 141 Å². The van der Waals surface area contributed by atoms with Gasteiger partial charge in [-0.25, -0.2) is 4.79 Å². The molecule has 0 aliphatic rings. The number of carboxylic acid groups (broad SMARTS) is 1. The molecule has 0 spiro atoms. The number of carbonyl (C=O) groups excluding carboxylic acids is 1. The maximum absolute atomic E-state index is 12.3. The van der Waals surface area contributed by atoms with E-state index in [0.717, 1.165) is 11.1 Å². The van der Waals surface area contributed by atoms with E-state index in [1.165, 1.54) is 0 Å². The quantitative estimate of drug-likeness (QED) is 0.885. The van der Waals surface area contributed by atoms with Gasteiger partial charge in [0, 0.05) is 12.6 Å². The van der Waals surface area contributed by atoms with E-state index in [-0.39, 0.29) is 17.5 Å². The third-order valence-corrected chi connectivity index (χ3v) is 3.75. The molecular formula is C19H22N2O3. The molecular weight excluding hydrogens is 304 g/mol. The monoisotopic (exact) mass is 326 g/mol. The Morgan fingerprint density at radius 3 is 2.29 bits per heavy atom. The summed E-state index contributed by atoms with van der Waals surface area (Å²) >= 11 is 0. The van der Waals surface area contributed by atoms with Crippen molar-refractivity contribution in [2.24, 2.45) is 0 Å². The van der Waals surface area contributed by atoms with Gasteiger partial charge in [-0.15, -0.1) is 0 Å². The zero-order chi connectivity index (χ0) is 17.7. The van der Waals surface area contributed by atoms with Crippen LogP contribution >= 0.6 is 0 Å². The highest BCUT2D eigenvalue weighted by Crippen LogP contribution is 2.21. The highest BCUT2D eigenvalue weighted by molar-refractivity contribution is 5.95.